The molecular formula is C21H16N3O10S2+. The standard InChI is InChI=1S/C21H15N3O10S2/c22-13-5-3-10-15(9-2-1-8(20(24)25)7-12(9)21(26)27)11-4-6-14(23)19(36(31,32)33)17(11)34-16(10)18(13)35(28,29)30/h1-7,22H,23H2,(H2,24,25)(H,26,27)(H,28,29,30)(H,31,32,33)/p+1. The van der Waals surface area contributed by atoms with Gasteiger partial charge in [0.2, 0.25) is 16.2 Å². The minimum atomic E-state index is -5.07. The number of aromatic carboxylic acids is 1. The second-order valence-electron chi connectivity index (χ2n) is 7.58. The Hall–Kier alpha value is -4.31. The predicted octanol–water partition coefficient (Wildman–Crippen LogP) is -0.263. The van der Waals surface area contributed by atoms with Gasteiger partial charge in [0.1, 0.15) is 0 Å². The molecule has 2 aromatic carbocycles. The van der Waals surface area contributed by atoms with Crippen molar-refractivity contribution in [1.29, 1.82) is 0 Å². The third kappa shape index (κ3) is 3.95. The molecule has 13 nitrogen and oxygen atoms in total. The van der Waals surface area contributed by atoms with Crippen LogP contribution in [0.4, 0.5) is 5.69 Å². The van der Waals surface area contributed by atoms with Crippen molar-refractivity contribution in [2.75, 3.05) is 5.73 Å². The van der Waals surface area contributed by atoms with Gasteiger partial charge in [-0.1, -0.05) is 6.07 Å². The Kier molecular flexibility index (Phi) is 5.60. The topological polar surface area (TPSA) is 254 Å². The lowest BCUT2D eigenvalue weighted by Gasteiger charge is -2.19. The SMILES string of the molecule is NC(=O)c1ccc(-c2c3ccc(=[NH2+])c(S(=O)(=O)O)c-3oc3c(S(=O)(=O)O)c(N)ccc23)c(C(=O)O)c1. The second-order valence-corrected chi connectivity index (χ2v) is 10.3. The van der Waals surface area contributed by atoms with Crippen molar-refractivity contribution in [3.8, 4) is 22.5 Å². The number of anilines is 1. The molecule has 0 bridgehead atoms. The Morgan fingerprint density at radius 1 is 0.889 bits per heavy atom. The lowest BCUT2D eigenvalue weighted by atomic mass is 9.89. The molecule has 15 heteroatoms. The molecule has 0 atom stereocenters. The van der Waals surface area contributed by atoms with Gasteiger partial charge in [0.25, 0.3) is 10.1 Å². The van der Waals surface area contributed by atoms with Crippen LogP contribution in [0, 0.1) is 0 Å². The largest absolute Gasteiger partial charge is 0.478 e. The van der Waals surface area contributed by atoms with Crippen LogP contribution in [0.1, 0.15) is 20.7 Å². The van der Waals surface area contributed by atoms with Crippen molar-refractivity contribution in [2.24, 2.45) is 5.73 Å². The van der Waals surface area contributed by atoms with Crippen molar-refractivity contribution in [3.63, 3.8) is 0 Å². The number of hydrogen-bond donors (Lipinski definition) is 6. The van der Waals surface area contributed by atoms with Gasteiger partial charge in [0.15, 0.2) is 16.2 Å². The van der Waals surface area contributed by atoms with E-state index in [0.717, 1.165) is 18.2 Å². The third-order valence-corrected chi connectivity index (χ3v) is 7.22. The zero-order valence-corrected chi connectivity index (χ0v) is 19.4. The number of nitrogens with two attached hydrogens (primary N) is 3. The number of carboxylic acids is 1. The first-order valence-electron chi connectivity index (χ1n) is 9.66. The monoisotopic (exact) mass is 534 g/mol. The van der Waals surface area contributed by atoms with Crippen molar-refractivity contribution in [2.45, 2.75) is 9.79 Å². The van der Waals surface area contributed by atoms with E-state index in [4.69, 9.17) is 21.3 Å². The van der Waals surface area contributed by atoms with E-state index < -0.39 is 69.9 Å². The highest BCUT2D eigenvalue weighted by Gasteiger charge is 2.32. The van der Waals surface area contributed by atoms with Crippen LogP contribution >= 0.6 is 0 Å². The molecule has 1 aliphatic heterocycles. The molecule has 0 radical (unpaired) electrons. The van der Waals surface area contributed by atoms with Gasteiger partial charge in [-0.3, -0.25) is 19.3 Å². The Balaban J connectivity index is 2.37. The molecule has 2 aliphatic rings. The van der Waals surface area contributed by atoms with E-state index >= 15 is 0 Å². The van der Waals surface area contributed by atoms with Crippen LogP contribution < -0.4 is 22.2 Å². The summed E-state index contributed by atoms with van der Waals surface area (Å²) in [6.07, 6.45) is 0. The smallest absolute Gasteiger partial charge is 0.336 e. The summed E-state index contributed by atoms with van der Waals surface area (Å²) < 4.78 is 73.9. The lowest BCUT2D eigenvalue weighted by Crippen LogP contribution is -2.47. The van der Waals surface area contributed by atoms with Crippen molar-refractivity contribution in [3.05, 3.63) is 58.9 Å². The van der Waals surface area contributed by atoms with Crippen LogP contribution in [0.15, 0.2) is 56.7 Å². The molecule has 0 saturated heterocycles. The molecule has 0 fully saturated rings. The zero-order valence-electron chi connectivity index (χ0n) is 17.8. The summed E-state index contributed by atoms with van der Waals surface area (Å²) in [6, 6.07) is 8.11. The molecule has 2 aromatic rings. The summed E-state index contributed by atoms with van der Waals surface area (Å²) in [6.45, 7) is 0. The molecule has 4 rings (SSSR count). The lowest BCUT2D eigenvalue weighted by molar-refractivity contribution is -0.176. The number of fused-ring (bicyclic) bond motifs is 2. The molecule has 0 unspecified atom stereocenters. The summed E-state index contributed by atoms with van der Waals surface area (Å²) in [5.41, 5.74) is 8.96. The molecule has 1 aliphatic carbocycles. The normalized spacial score (nSPS) is 12.2. The number of carbonyl (C=O) groups excluding carboxylic acids is 1. The maximum absolute atomic E-state index is 12.2. The fourth-order valence-electron chi connectivity index (χ4n) is 3.91. The number of nitrogen functional groups attached to an aromatic ring is 1. The Bertz CT molecular complexity index is 1880. The predicted molar refractivity (Wildman–Crippen MR) is 123 cm³/mol. The first-order valence-corrected chi connectivity index (χ1v) is 12.5. The molecule has 0 spiro atoms. The highest BCUT2D eigenvalue weighted by Crippen LogP contribution is 2.45. The molecule has 36 heavy (non-hydrogen) atoms. The van der Waals surface area contributed by atoms with Crippen LogP contribution in [0.3, 0.4) is 0 Å². The number of primary amides is 1. The van der Waals surface area contributed by atoms with E-state index in [-0.39, 0.29) is 27.6 Å². The fraction of sp³-hybridized carbons (Fsp3) is 0. The van der Waals surface area contributed by atoms with Gasteiger partial charge >= 0.3 is 16.1 Å². The molecule has 0 aromatic heterocycles. The van der Waals surface area contributed by atoms with Gasteiger partial charge in [0, 0.05) is 28.1 Å². The highest BCUT2D eigenvalue weighted by molar-refractivity contribution is 7.86. The minimum Gasteiger partial charge on any atom is -0.478 e. The summed E-state index contributed by atoms with van der Waals surface area (Å²) >= 11 is 0. The van der Waals surface area contributed by atoms with E-state index in [9.17, 15) is 40.6 Å². The minimum absolute atomic E-state index is 0.0885. The highest BCUT2D eigenvalue weighted by atomic mass is 32.2. The molecule has 1 heterocycles. The molecule has 9 N–H and O–H groups in total. The fourth-order valence-corrected chi connectivity index (χ4v) is 5.42. The van der Waals surface area contributed by atoms with Crippen molar-refractivity contribution in [1.82, 2.24) is 0 Å². The Morgan fingerprint density at radius 2 is 1.50 bits per heavy atom. The van der Waals surface area contributed by atoms with E-state index in [1.165, 1.54) is 24.3 Å². The Morgan fingerprint density at radius 3 is 2.06 bits per heavy atom. The number of rotatable bonds is 5. The summed E-state index contributed by atoms with van der Waals surface area (Å²) in [5.74, 6) is -3.08. The third-order valence-electron chi connectivity index (χ3n) is 5.35. The summed E-state index contributed by atoms with van der Waals surface area (Å²) in [4.78, 5) is 21.9. The summed E-state index contributed by atoms with van der Waals surface area (Å²) in [7, 11) is -10.1. The van der Waals surface area contributed by atoms with Gasteiger partial charge in [-0.2, -0.15) is 16.8 Å². The van der Waals surface area contributed by atoms with Crippen LogP contribution in [-0.4, -0.2) is 42.9 Å². The first kappa shape index (κ1) is 24.8. The van der Waals surface area contributed by atoms with Gasteiger partial charge in [-0.15, -0.1) is 0 Å². The molecular weight excluding hydrogens is 518 g/mol. The Labute approximate surface area is 201 Å². The maximum atomic E-state index is 12.2. The van der Waals surface area contributed by atoms with Gasteiger partial charge in [-0.05, 0) is 35.9 Å². The van der Waals surface area contributed by atoms with E-state index in [0.29, 0.717) is 0 Å². The number of carbonyl (C=O) groups is 2. The molecule has 1 amide bonds. The average Bonchev–Trinajstić information content (AvgIpc) is 2.74. The van der Waals surface area contributed by atoms with E-state index in [1.807, 2.05) is 0 Å². The maximum Gasteiger partial charge on any atom is 0.336 e. The van der Waals surface area contributed by atoms with Crippen LogP contribution in [0.2, 0.25) is 0 Å². The quantitative estimate of drug-likeness (QED) is 0.110. The molecule has 0 saturated carbocycles. The number of hydrogen-bond acceptors (Lipinski definition) is 8. The van der Waals surface area contributed by atoms with E-state index in [2.05, 4.69) is 0 Å². The number of carboxylic acid groups (broad SMARTS) is 1. The number of benzene rings is 3. The van der Waals surface area contributed by atoms with Crippen LogP contribution in [0.25, 0.3) is 33.4 Å². The van der Waals surface area contributed by atoms with Gasteiger partial charge in [0.05, 0.1) is 11.3 Å². The summed E-state index contributed by atoms with van der Waals surface area (Å²) in [5, 5.41) is 15.0. The van der Waals surface area contributed by atoms with Gasteiger partial charge < -0.3 is 21.0 Å². The van der Waals surface area contributed by atoms with Crippen LogP contribution in [-0.2, 0) is 20.2 Å². The van der Waals surface area contributed by atoms with Crippen LogP contribution in [0.5, 0.6) is 0 Å². The second kappa shape index (κ2) is 8.13. The van der Waals surface area contributed by atoms with Crippen molar-refractivity contribution < 1.29 is 50.5 Å². The van der Waals surface area contributed by atoms with Crippen molar-refractivity contribution >= 4 is 48.8 Å². The van der Waals surface area contributed by atoms with E-state index in [1.54, 1.807) is 0 Å². The average molecular weight is 535 g/mol. The van der Waals surface area contributed by atoms with Gasteiger partial charge in [-0.25, -0.2) is 4.79 Å². The first-order chi connectivity index (χ1) is 16.6. The molecule has 186 valence electrons. The zero-order chi connectivity index (χ0) is 26.7. The number of amides is 1.